The lowest BCUT2D eigenvalue weighted by Gasteiger charge is -2.33. The lowest BCUT2D eigenvalue weighted by atomic mass is 9.72. The molecule has 6 heteroatoms. The molecule has 0 aliphatic rings. The van der Waals surface area contributed by atoms with Gasteiger partial charge in [-0.1, -0.05) is 177 Å². The van der Waals surface area contributed by atoms with E-state index in [1.807, 2.05) is 84.9 Å². The monoisotopic (exact) mass is 768 g/mol. The van der Waals surface area contributed by atoms with Crippen molar-refractivity contribution in [2.75, 3.05) is 5.08 Å². The van der Waals surface area contributed by atoms with Crippen molar-refractivity contribution in [3.05, 3.63) is 178 Å². The van der Waals surface area contributed by atoms with Crippen LogP contribution in [0.4, 0.5) is 0 Å². The number of phenolic OH excluding ortho intramolecular Hbond substituents is 4. The molecular weight excluding hydrogens is 717 g/mol. The fraction of sp³-hybridized carbons (Fsp3) is 0.265. The Labute approximate surface area is 335 Å². The molecule has 4 N–H and O–H groups in total. The summed E-state index contributed by atoms with van der Waals surface area (Å²) in [5.74, 6) is 0.0662. The van der Waals surface area contributed by atoms with E-state index in [1.165, 1.54) is 23.5 Å². The van der Waals surface area contributed by atoms with Gasteiger partial charge in [-0.3, -0.25) is 0 Å². The molecule has 0 bridgehead atoms. The van der Waals surface area contributed by atoms with Gasteiger partial charge < -0.3 is 20.4 Å². The van der Waals surface area contributed by atoms with Crippen LogP contribution in [-0.2, 0) is 21.7 Å². The second kappa shape index (κ2) is 15.4. The zero-order valence-corrected chi connectivity index (χ0v) is 34.6. The van der Waals surface area contributed by atoms with Crippen LogP contribution in [0.3, 0.4) is 0 Å². The molecule has 4 nitrogen and oxygen atoms in total. The zero-order chi connectivity index (χ0) is 39.8. The van der Waals surface area contributed by atoms with Crippen LogP contribution in [-0.4, -0.2) is 25.5 Å². The summed E-state index contributed by atoms with van der Waals surface area (Å²) in [6.07, 6.45) is 0. The van der Waals surface area contributed by atoms with Crippen molar-refractivity contribution in [3.8, 4) is 23.0 Å². The highest BCUT2D eigenvalue weighted by Crippen LogP contribution is 2.55. The molecule has 0 heterocycles. The van der Waals surface area contributed by atoms with Gasteiger partial charge in [-0.2, -0.15) is 0 Å². The standard InChI is InChI=1S/C49H52O4S2/c1-46(2,32-21-13-9-14-22-32)36-29-37(47(3,4)33-23-15-10-16-24-33)41(51)44(40(36)50)54-31-55-45-42(52)38(48(5,6)34-25-17-11-18-26-34)30-39(43(45)53)49(7,8)35-27-19-12-20-28-35/h9-30,50-53H,31H2,1-8H3. The van der Waals surface area contributed by atoms with E-state index >= 15 is 0 Å². The van der Waals surface area contributed by atoms with Gasteiger partial charge in [-0.25, -0.2) is 0 Å². The summed E-state index contributed by atoms with van der Waals surface area (Å²) in [7, 11) is 0. The molecule has 0 radical (unpaired) electrons. The van der Waals surface area contributed by atoms with Gasteiger partial charge in [0.2, 0.25) is 0 Å². The van der Waals surface area contributed by atoms with Crippen molar-refractivity contribution in [1.29, 1.82) is 0 Å². The molecule has 6 aromatic rings. The van der Waals surface area contributed by atoms with Crippen molar-refractivity contribution in [3.63, 3.8) is 0 Å². The maximum atomic E-state index is 12.1. The SMILES string of the molecule is CC(C)(c1ccccc1)c1cc(C(C)(C)c2ccccc2)c(O)c(SCSc2c(O)c(C(C)(C)c3ccccc3)cc(C(C)(C)c3ccccc3)c2O)c1O. The minimum absolute atomic E-state index is 0.0165. The van der Waals surface area contributed by atoms with Gasteiger partial charge in [0, 0.05) is 49.0 Å². The van der Waals surface area contributed by atoms with E-state index in [9.17, 15) is 20.4 Å². The van der Waals surface area contributed by atoms with Gasteiger partial charge in [0.15, 0.2) is 0 Å². The number of hydrogen-bond donors (Lipinski definition) is 4. The largest absolute Gasteiger partial charge is 0.506 e. The van der Waals surface area contributed by atoms with Gasteiger partial charge in [0.05, 0.1) is 9.79 Å². The van der Waals surface area contributed by atoms with E-state index in [0.717, 1.165) is 22.3 Å². The number of benzene rings is 6. The molecule has 284 valence electrons. The van der Waals surface area contributed by atoms with Gasteiger partial charge in [0.25, 0.3) is 0 Å². The lowest BCUT2D eigenvalue weighted by Crippen LogP contribution is -2.24. The summed E-state index contributed by atoms with van der Waals surface area (Å²) in [6.45, 7) is 16.7. The summed E-state index contributed by atoms with van der Waals surface area (Å²) >= 11 is 2.59. The molecule has 0 aliphatic heterocycles. The molecule has 0 aliphatic carbocycles. The van der Waals surface area contributed by atoms with E-state index in [4.69, 9.17) is 0 Å². The molecule has 55 heavy (non-hydrogen) atoms. The zero-order valence-electron chi connectivity index (χ0n) is 33.0. The Morgan fingerprint density at radius 2 is 0.545 bits per heavy atom. The third-order valence-electron chi connectivity index (χ3n) is 11.5. The fourth-order valence-electron chi connectivity index (χ4n) is 7.64. The van der Waals surface area contributed by atoms with Crippen LogP contribution in [0.25, 0.3) is 0 Å². The second-order valence-corrected chi connectivity index (χ2v) is 18.7. The molecule has 0 spiro atoms. The van der Waals surface area contributed by atoms with E-state index in [2.05, 4.69) is 104 Å². The minimum Gasteiger partial charge on any atom is -0.506 e. The van der Waals surface area contributed by atoms with E-state index in [-0.39, 0.29) is 28.1 Å². The van der Waals surface area contributed by atoms with Gasteiger partial charge in [-0.05, 0) is 34.4 Å². The molecule has 0 saturated heterocycles. The first-order valence-electron chi connectivity index (χ1n) is 18.7. The van der Waals surface area contributed by atoms with Crippen molar-refractivity contribution >= 4 is 23.5 Å². The van der Waals surface area contributed by atoms with Crippen molar-refractivity contribution in [2.45, 2.75) is 86.8 Å². The molecule has 6 rings (SSSR count). The number of thioether (sulfide) groups is 2. The Hall–Kier alpha value is -4.78. The van der Waals surface area contributed by atoms with Crippen LogP contribution in [0.1, 0.15) is 99.9 Å². The molecule has 0 saturated carbocycles. The smallest absolute Gasteiger partial charge is 0.137 e. The molecule has 0 fully saturated rings. The average Bonchev–Trinajstić information content (AvgIpc) is 3.18. The minimum atomic E-state index is -0.602. The van der Waals surface area contributed by atoms with E-state index in [1.54, 1.807) is 0 Å². The van der Waals surface area contributed by atoms with Crippen molar-refractivity contribution in [1.82, 2.24) is 0 Å². The van der Waals surface area contributed by atoms with Crippen molar-refractivity contribution < 1.29 is 20.4 Å². The summed E-state index contributed by atoms with van der Waals surface area (Å²) in [5.41, 5.74) is 4.53. The first-order chi connectivity index (χ1) is 26.0. The summed E-state index contributed by atoms with van der Waals surface area (Å²) < 4.78 is 0. The van der Waals surface area contributed by atoms with Crippen LogP contribution in [0.15, 0.2) is 143 Å². The summed E-state index contributed by atoms with van der Waals surface area (Å²) in [4.78, 5) is 0.718. The number of aromatic hydroxyl groups is 4. The van der Waals surface area contributed by atoms with Crippen molar-refractivity contribution in [2.24, 2.45) is 0 Å². The van der Waals surface area contributed by atoms with E-state index < -0.39 is 21.7 Å². The number of hydrogen-bond acceptors (Lipinski definition) is 6. The van der Waals surface area contributed by atoms with Crippen LogP contribution in [0.5, 0.6) is 23.0 Å². The normalized spacial score (nSPS) is 12.5. The highest BCUT2D eigenvalue weighted by atomic mass is 32.2. The Morgan fingerprint density at radius 3 is 0.745 bits per heavy atom. The molecule has 0 unspecified atom stereocenters. The third-order valence-corrected chi connectivity index (χ3v) is 13.8. The average molecular weight is 769 g/mol. The van der Waals surface area contributed by atoms with E-state index in [0.29, 0.717) is 32.0 Å². The van der Waals surface area contributed by atoms with Gasteiger partial charge in [0.1, 0.15) is 23.0 Å². The number of rotatable bonds is 12. The quantitative estimate of drug-likeness (QED) is 0.0733. The molecule has 0 aromatic heterocycles. The Bertz CT molecular complexity index is 1950. The number of phenols is 4. The Balaban J connectivity index is 1.47. The van der Waals surface area contributed by atoms with Crippen LogP contribution >= 0.6 is 23.5 Å². The lowest BCUT2D eigenvalue weighted by molar-refractivity contribution is 0.402. The van der Waals surface area contributed by atoms with Crippen LogP contribution in [0.2, 0.25) is 0 Å². The highest BCUT2D eigenvalue weighted by molar-refractivity contribution is 8.16. The van der Waals surface area contributed by atoms with Crippen LogP contribution < -0.4 is 0 Å². The predicted molar refractivity (Wildman–Crippen MR) is 230 cm³/mol. The Kier molecular flexibility index (Phi) is 11.2. The van der Waals surface area contributed by atoms with Gasteiger partial charge in [-0.15, -0.1) is 23.5 Å². The highest BCUT2D eigenvalue weighted by Gasteiger charge is 2.37. The summed E-state index contributed by atoms with van der Waals surface area (Å²) in [5, 5.41) is 48.7. The first-order valence-corrected chi connectivity index (χ1v) is 20.6. The molecule has 0 amide bonds. The van der Waals surface area contributed by atoms with Crippen LogP contribution in [0, 0.1) is 0 Å². The predicted octanol–water partition coefficient (Wildman–Crippen LogP) is 12.7. The third kappa shape index (κ3) is 7.47. The summed E-state index contributed by atoms with van der Waals surface area (Å²) in [6, 6.07) is 44.2. The topological polar surface area (TPSA) is 80.9 Å². The maximum absolute atomic E-state index is 12.1. The molecular formula is C49H52O4S2. The second-order valence-electron chi connectivity index (χ2n) is 16.4. The first kappa shape index (κ1) is 39.9. The van der Waals surface area contributed by atoms with Gasteiger partial charge >= 0.3 is 0 Å². The molecule has 6 aromatic carbocycles. The molecule has 0 atom stereocenters. The maximum Gasteiger partial charge on any atom is 0.137 e. The Morgan fingerprint density at radius 1 is 0.345 bits per heavy atom. The fourth-order valence-corrected chi connectivity index (χ4v) is 9.81.